The van der Waals surface area contributed by atoms with Crippen molar-refractivity contribution in [2.45, 2.75) is 25.7 Å². The van der Waals surface area contributed by atoms with Crippen LogP contribution in [0.15, 0.2) is 106 Å². The van der Waals surface area contributed by atoms with Crippen LogP contribution in [0.25, 0.3) is 28.7 Å². The minimum atomic E-state index is -3.73. The Morgan fingerprint density at radius 3 is 2.19 bits per heavy atom. The Hall–Kier alpha value is -4.56. The number of benzene rings is 3. The zero-order valence-electron chi connectivity index (χ0n) is 26.2. The molecule has 2 aromatic heterocycles. The molecule has 5 aromatic rings. The number of amides is 1. The molecule has 3 heterocycles. The van der Waals surface area contributed by atoms with E-state index in [1.54, 1.807) is 73.7 Å². The van der Waals surface area contributed by atoms with Crippen LogP contribution in [0.5, 0.6) is 0 Å². The summed E-state index contributed by atoms with van der Waals surface area (Å²) in [6.45, 7) is 6.06. The van der Waals surface area contributed by atoms with E-state index < -0.39 is 15.9 Å². The highest BCUT2D eigenvalue weighted by molar-refractivity contribution is 8.27. The van der Waals surface area contributed by atoms with Gasteiger partial charge in [-0.15, -0.1) is 0 Å². The summed E-state index contributed by atoms with van der Waals surface area (Å²) in [4.78, 5) is 29.5. The molecule has 1 aliphatic heterocycles. The highest BCUT2D eigenvalue weighted by Gasteiger charge is 2.38. The van der Waals surface area contributed by atoms with Gasteiger partial charge in [-0.1, -0.05) is 86.4 Å². The molecular weight excluding hydrogens is 653 g/mol. The van der Waals surface area contributed by atoms with E-state index in [0.717, 1.165) is 17.4 Å². The number of thiocarbonyl (C=S) groups is 1. The maximum atomic E-state index is 14.0. The average molecular weight is 685 g/mol. The fraction of sp³-hybridized carbons (Fsp3) is 0.176. The molecule has 6 rings (SSSR count). The molecule has 1 amide bonds. The first-order valence-electron chi connectivity index (χ1n) is 14.9. The van der Waals surface area contributed by atoms with Crippen molar-refractivity contribution in [3.8, 4) is 22.6 Å². The zero-order chi connectivity index (χ0) is 33.5. The molecule has 1 fully saturated rings. The van der Waals surface area contributed by atoms with Crippen LogP contribution in [0.4, 0.5) is 5.69 Å². The number of carbonyl (C=O) groups is 1. The number of sulfonamides is 1. The van der Waals surface area contributed by atoms with E-state index in [9.17, 15) is 18.0 Å². The molecule has 0 radical (unpaired) electrons. The number of nitrogens with zero attached hydrogens (tertiary/aromatic N) is 6. The standard InChI is InChI=1S/C34H32N6O4S3/c1-5-37(6-2)47(43,44)28-19-13-14-24(20-28)30-25(22-38(35-30)26-15-9-7-10-16-26)21-29-32(41)39(34(45)46-29)31-23(3)36(4)40(33(31)42)27-17-11-8-12-18-27/h7-22H,5-6H2,1-4H3/b29-21-. The number of hydrogen-bond acceptors (Lipinski definition) is 7. The minimum absolute atomic E-state index is 0.152. The Kier molecular flexibility index (Phi) is 8.90. The maximum Gasteiger partial charge on any atom is 0.296 e. The minimum Gasteiger partial charge on any atom is -0.283 e. The molecule has 0 saturated carbocycles. The van der Waals surface area contributed by atoms with Crippen molar-refractivity contribution in [3.05, 3.63) is 118 Å². The summed E-state index contributed by atoms with van der Waals surface area (Å²) in [6.07, 6.45) is 3.49. The van der Waals surface area contributed by atoms with Crippen LogP contribution in [0.1, 0.15) is 25.1 Å². The number of aromatic nitrogens is 4. The summed E-state index contributed by atoms with van der Waals surface area (Å²) in [7, 11) is -1.96. The first-order chi connectivity index (χ1) is 22.6. The molecule has 1 saturated heterocycles. The monoisotopic (exact) mass is 684 g/mol. The Labute approximate surface area is 282 Å². The molecule has 0 N–H and O–H groups in total. The van der Waals surface area contributed by atoms with Gasteiger partial charge in [-0.3, -0.25) is 19.2 Å². The van der Waals surface area contributed by atoms with E-state index in [1.165, 1.54) is 13.9 Å². The predicted octanol–water partition coefficient (Wildman–Crippen LogP) is 5.77. The third-order valence-corrected chi connectivity index (χ3v) is 11.4. The van der Waals surface area contributed by atoms with Gasteiger partial charge in [0.15, 0.2) is 4.32 Å². The second-order valence-corrected chi connectivity index (χ2v) is 14.4. The van der Waals surface area contributed by atoms with Crippen LogP contribution in [0, 0.1) is 6.92 Å². The van der Waals surface area contributed by atoms with Gasteiger partial charge >= 0.3 is 0 Å². The van der Waals surface area contributed by atoms with E-state index in [-0.39, 0.29) is 20.5 Å². The number of rotatable bonds is 9. The average Bonchev–Trinajstić information content (AvgIpc) is 3.69. The van der Waals surface area contributed by atoms with Gasteiger partial charge in [0.25, 0.3) is 11.5 Å². The lowest BCUT2D eigenvalue weighted by Crippen LogP contribution is -2.33. The lowest BCUT2D eigenvalue weighted by Gasteiger charge is -2.18. The summed E-state index contributed by atoms with van der Waals surface area (Å²) >= 11 is 6.77. The molecule has 0 bridgehead atoms. The maximum absolute atomic E-state index is 14.0. The molecular formula is C34H32N6O4S3. The molecule has 0 unspecified atom stereocenters. The Morgan fingerprint density at radius 1 is 0.915 bits per heavy atom. The first-order valence-corrected chi connectivity index (χ1v) is 17.6. The van der Waals surface area contributed by atoms with E-state index in [2.05, 4.69) is 0 Å². The third-order valence-electron chi connectivity index (χ3n) is 8.04. The van der Waals surface area contributed by atoms with Crippen LogP contribution in [-0.4, -0.2) is 55.2 Å². The Bertz CT molecular complexity index is 2200. The smallest absolute Gasteiger partial charge is 0.283 e. The van der Waals surface area contributed by atoms with E-state index in [4.69, 9.17) is 17.3 Å². The number of carbonyl (C=O) groups excluding carboxylic acids is 1. The highest BCUT2D eigenvalue weighted by atomic mass is 32.2. The lowest BCUT2D eigenvalue weighted by molar-refractivity contribution is -0.113. The van der Waals surface area contributed by atoms with E-state index in [0.29, 0.717) is 46.2 Å². The normalized spacial score (nSPS) is 14.6. The topological polar surface area (TPSA) is 102 Å². The fourth-order valence-corrected chi connectivity index (χ4v) is 8.33. The van der Waals surface area contributed by atoms with Crippen molar-refractivity contribution in [2.75, 3.05) is 18.0 Å². The van der Waals surface area contributed by atoms with Gasteiger partial charge in [0.2, 0.25) is 10.0 Å². The van der Waals surface area contributed by atoms with Crippen LogP contribution in [-0.2, 0) is 21.9 Å². The van der Waals surface area contributed by atoms with Crippen molar-refractivity contribution >= 4 is 56.0 Å². The van der Waals surface area contributed by atoms with Gasteiger partial charge in [-0.25, -0.2) is 17.8 Å². The molecule has 240 valence electrons. The number of para-hydroxylation sites is 2. The number of thioether (sulfide) groups is 1. The fourth-order valence-electron chi connectivity index (χ4n) is 5.56. The summed E-state index contributed by atoms with van der Waals surface area (Å²) < 4.78 is 33.3. The summed E-state index contributed by atoms with van der Waals surface area (Å²) in [5.74, 6) is -0.428. The van der Waals surface area contributed by atoms with Crippen LogP contribution < -0.4 is 10.5 Å². The molecule has 0 spiro atoms. The number of anilines is 1. The predicted molar refractivity (Wildman–Crippen MR) is 191 cm³/mol. The second-order valence-electron chi connectivity index (χ2n) is 10.8. The van der Waals surface area contributed by atoms with Crippen LogP contribution >= 0.6 is 24.0 Å². The molecule has 10 nitrogen and oxygen atoms in total. The Morgan fingerprint density at radius 2 is 1.55 bits per heavy atom. The van der Waals surface area contributed by atoms with Crippen molar-refractivity contribution in [1.82, 2.24) is 23.4 Å². The van der Waals surface area contributed by atoms with Gasteiger partial charge in [0, 0.05) is 37.5 Å². The lowest BCUT2D eigenvalue weighted by atomic mass is 10.1. The quantitative estimate of drug-likeness (QED) is 0.144. The summed E-state index contributed by atoms with van der Waals surface area (Å²) in [5.41, 5.74) is 3.50. The Balaban J connectivity index is 1.45. The van der Waals surface area contributed by atoms with Crippen LogP contribution in [0.3, 0.4) is 0 Å². The molecule has 1 aliphatic rings. The summed E-state index contributed by atoms with van der Waals surface area (Å²) in [5, 5.41) is 4.84. The SMILES string of the molecule is CCN(CC)S(=O)(=O)c1cccc(-c2nn(-c3ccccc3)cc2/C=C2\SC(=S)N(c3c(C)n(C)n(-c4ccccc4)c3=O)C2=O)c1. The molecule has 0 atom stereocenters. The van der Waals surface area contributed by atoms with Gasteiger partial charge in [-0.05, 0) is 49.4 Å². The molecule has 47 heavy (non-hydrogen) atoms. The van der Waals surface area contributed by atoms with E-state index in [1.807, 2.05) is 60.7 Å². The zero-order valence-corrected chi connectivity index (χ0v) is 28.6. The van der Waals surface area contributed by atoms with Crippen molar-refractivity contribution in [2.24, 2.45) is 7.05 Å². The summed E-state index contributed by atoms with van der Waals surface area (Å²) in [6, 6.07) is 25.3. The van der Waals surface area contributed by atoms with Gasteiger partial charge in [0.05, 0.1) is 26.9 Å². The van der Waals surface area contributed by atoms with Gasteiger partial charge in [0.1, 0.15) is 11.4 Å². The number of hydrogen-bond donors (Lipinski definition) is 0. The largest absolute Gasteiger partial charge is 0.296 e. The van der Waals surface area contributed by atoms with Crippen molar-refractivity contribution in [1.29, 1.82) is 0 Å². The van der Waals surface area contributed by atoms with Gasteiger partial charge < -0.3 is 0 Å². The van der Waals surface area contributed by atoms with Crippen LogP contribution in [0.2, 0.25) is 0 Å². The second kappa shape index (κ2) is 12.9. The first kappa shape index (κ1) is 32.4. The third kappa shape index (κ3) is 5.80. The molecule has 0 aliphatic carbocycles. The molecule has 3 aromatic carbocycles. The molecule has 13 heteroatoms. The van der Waals surface area contributed by atoms with Crippen molar-refractivity contribution < 1.29 is 13.2 Å². The van der Waals surface area contributed by atoms with Crippen molar-refractivity contribution in [3.63, 3.8) is 0 Å². The highest BCUT2D eigenvalue weighted by Crippen LogP contribution is 2.38. The van der Waals surface area contributed by atoms with E-state index >= 15 is 0 Å². The van der Waals surface area contributed by atoms with Gasteiger partial charge in [-0.2, -0.15) is 9.40 Å².